The lowest BCUT2D eigenvalue weighted by Crippen LogP contribution is -2.50. The fraction of sp³-hybridized carbons (Fsp3) is 0.368. The fourth-order valence-corrected chi connectivity index (χ4v) is 3.15. The summed E-state index contributed by atoms with van der Waals surface area (Å²) in [6.07, 6.45) is 3.03. The lowest BCUT2D eigenvalue weighted by Gasteiger charge is -2.34. The zero-order valence-corrected chi connectivity index (χ0v) is 13.1. The molecule has 2 aromatic rings. The van der Waals surface area contributed by atoms with Crippen molar-refractivity contribution in [1.29, 1.82) is 0 Å². The van der Waals surface area contributed by atoms with E-state index in [2.05, 4.69) is 41.7 Å². The minimum absolute atomic E-state index is 0.0657. The molecule has 0 atom stereocenters. The number of methoxy groups -OCH3 is 1. The van der Waals surface area contributed by atoms with Gasteiger partial charge in [0.1, 0.15) is 5.75 Å². The van der Waals surface area contributed by atoms with Gasteiger partial charge < -0.3 is 15.8 Å². The number of piperidine rings is 1. The van der Waals surface area contributed by atoms with Gasteiger partial charge >= 0.3 is 0 Å². The summed E-state index contributed by atoms with van der Waals surface area (Å²) in [6.45, 7) is 2.04. The van der Waals surface area contributed by atoms with Gasteiger partial charge in [0, 0.05) is 5.54 Å². The average Bonchev–Trinajstić information content (AvgIpc) is 2.55. The molecule has 1 saturated heterocycles. The topological polar surface area (TPSA) is 47.3 Å². The quantitative estimate of drug-likeness (QED) is 0.912. The number of nitrogens with one attached hydrogen (secondary N) is 1. The highest BCUT2D eigenvalue weighted by atomic mass is 16.5. The van der Waals surface area contributed by atoms with Crippen LogP contribution in [0.2, 0.25) is 0 Å². The van der Waals surface area contributed by atoms with Crippen LogP contribution in [-0.2, 0) is 6.42 Å². The first-order valence-electron chi connectivity index (χ1n) is 7.92. The van der Waals surface area contributed by atoms with Crippen molar-refractivity contribution in [3.05, 3.63) is 54.1 Å². The summed E-state index contributed by atoms with van der Waals surface area (Å²) < 4.78 is 5.22. The predicted molar refractivity (Wildman–Crippen MR) is 91.2 cm³/mol. The second-order valence-electron chi connectivity index (χ2n) is 6.22. The van der Waals surface area contributed by atoms with Crippen LogP contribution in [0, 0.1) is 0 Å². The molecule has 0 amide bonds. The van der Waals surface area contributed by atoms with Crippen molar-refractivity contribution in [3.63, 3.8) is 0 Å². The smallest absolute Gasteiger partial charge is 0.118 e. The zero-order chi connectivity index (χ0) is 15.4. The summed E-state index contributed by atoms with van der Waals surface area (Å²) in [7, 11) is 1.69. The van der Waals surface area contributed by atoms with Crippen molar-refractivity contribution in [1.82, 2.24) is 5.32 Å². The highest BCUT2D eigenvalue weighted by Gasteiger charge is 2.27. The van der Waals surface area contributed by atoms with Crippen LogP contribution in [0.25, 0.3) is 11.1 Å². The maximum Gasteiger partial charge on any atom is 0.118 e. The molecule has 1 aliphatic heterocycles. The first kappa shape index (κ1) is 15.1. The van der Waals surface area contributed by atoms with Crippen molar-refractivity contribution >= 4 is 0 Å². The number of nitrogens with two attached hydrogens (primary N) is 1. The molecule has 3 heteroatoms. The molecule has 1 heterocycles. The van der Waals surface area contributed by atoms with Crippen LogP contribution in [-0.4, -0.2) is 25.7 Å². The molecular formula is C19H24N2O. The van der Waals surface area contributed by atoms with Crippen LogP contribution < -0.4 is 15.8 Å². The van der Waals surface area contributed by atoms with Gasteiger partial charge in [0.05, 0.1) is 7.11 Å². The van der Waals surface area contributed by atoms with Crippen LogP contribution in [0.5, 0.6) is 5.75 Å². The number of rotatable bonds is 4. The lowest BCUT2D eigenvalue weighted by atomic mass is 9.83. The molecule has 3 rings (SSSR count). The molecular weight excluding hydrogens is 272 g/mol. The van der Waals surface area contributed by atoms with Gasteiger partial charge in [0.2, 0.25) is 0 Å². The monoisotopic (exact) mass is 296 g/mol. The number of hydrogen-bond donors (Lipinski definition) is 2. The molecule has 2 aromatic carbocycles. The van der Waals surface area contributed by atoms with Crippen molar-refractivity contribution in [2.24, 2.45) is 5.73 Å². The Bertz CT molecular complexity index is 616. The third-order valence-electron chi connectivity index (χ3n) is 4.51. The Labute approximate surface area is 132 Å². The van der Waals surface area contributed by atoms with E-state index in [0.29, 0.717) is 0 Å². The van der Waals surface area contributed by atoms with Gasteiger partial charge in [-0.2, -0.15) is 0 Å². The third-order valence-corrected chi connectivity index (χ3v) is 4.51. The van der Waals surface area contributed by atoms with Crippen LogP contribution in [0.1, 0.15) is 18.4 Å². The Morgan fingerprint density at radius 1 is 1.05 bits per heavy atom. The number of ether oxygens (including phenoxy) is 1. The molecule has 0 unspecified atom stereocenters. The van der Waals surface area contributed by atoms with Crippen LogP contribution in [0.15, 0.2) is 48.5 Å². The van der Waals surface area contributed by atoms with Gasteiger partial charge in [0.15, 0.2) is 0 Å². The molecule has 3 nitrogen and oxygen atoms in total. The lowest BCUT2D eigenvalue weighted by molar-refractivity contribution is 0.308. The molecule has 0 bridgehead atoms. The molecule has 3 N–H and O–H groups in total. The average molecular weight is 296 g/mol. The van der Waals surface area contributed by atoms with Gasteiger partial charge in [0.25, 0.3) is 0 Å². The SMILES string of the molecule is COc1ccc(-c2cccc(CC3(N)CCNCC3)c2)cc1. The van der Waals surface area contributed by atoms with Crippen molar-refractivity contribution in [2.45, 2.75) is 24.8 Å². The van der Waals surface area contributed by atoms with E-state index < -0.39 is 0 Å². The molecule has 116 valence electrons. The molecule has 0 aliphatic carbocycles. The largest absolute Gasteiger partial charge is 0.497 e. The Hall–Kier alpha value is -1.84. The third kappa shape index (κ3) is 3.49. The van der Waals surface area contributed by atoms with E-state index in [1.54, 1.807) is 7.11 Å². The standard InChI is InChI=1S/C19H24N2O/c1-22-18-7-5-16(6-8-18)17-4-2-3-15(13-17)14-19(20)9-11-21-12-10-19/h2-8,13,21H,9-12,14,20H2,1H3. The van der Waals surface area contributed by atoms with Gasteiger partial charge in [-0.05, 0) is 61.2 Å². The van der Waals surface area contributed by atoms with E-state index >= 15 is 0 Å². The Balaban J connectivity index is 1.79. The highest BCUT2D eigenvalue weighted by molar-refractivity contribution is 5.65. The van der Waals surface area contributed by atoms with E-state index in [1.165, 1.54) is 16.7 Å². The maximum atomic E-state index is 6.56. The first-order chi connectivity index (χ1) is 10.7. The summed E-state index contributed by atoms with van der Waals surface area (Å²) >= 11 is 0. The Kier molecular flexibility index (Phi) is 4.46. The number of hydrogen-bond acceptors (Lipinski definition) is 3. The normalized spacial score (nSPS) is 17.2. The molecule has 1 fully saturated rings. The van der Waals surface area contributed by atoms with Crippen molar-refractivity contribution in [2.75, 3.05) is 20.2 Å². The first-order valence-corrected chi connectivity index (χ1v) is 7.92. The molecule has 0 aromatic heterocycles. The fourth-order valence-electron chi connectivity index (χ4n) is 3.15. The van der Waals surface area contributed by atoms with Gasteiger partial charge in [-0.25, -0.2) is 0 Å². The summed E-state index contributed by atoms with van der Waals surface area (Å²) in [5, 5.41) is 3.38. The van der Waals surface area contributed by atoms with E-state index in [-0.39, 0.29) is 5.54 Å². The van der Waals surface area contributed by atoms with Crippen molar-refractivity contribution in [3.8, 4) is 16.9 Å². The van der Waals surface area contributed by atoms with Gasteiger partial charge in [-0.15, -0.1) is 0 Å². The number of benzene rings is 2. The minimum Gasteiger partial charge on any atom is -0.497 e. The highest BCUT2D eigenvalue weighted by Crippen LogP contribution is 2.26. The summed E-state index contributed by atoms with van der Waals surface area (Å²) in [5.74, 6) is 0.885. The summed E-state index contributed by atoms with van der Waals surface area (Å²) in [6, 6.07) is 16.9. The van der Waals surface area contributed by atoms with E-state index in [9.17, 15) is 0 Å². The molecule has 0 radical (unpaired) electrons. The molecule has 22 heavy (non-hydrogen) atoms. The molecule has 1 aliphatic rings. The van der Waals surface area contributed by atoms with Crippen LogP contribution in [0.4, 0.5) is 0 Å². The van der Waals surface area contributed by atoms with E-state index in [1.807, 2.05) is 12.1 Å². The summed E-state index contributed by atoms with van der Waals surface area (Å²) in [4.78, 5) is 0. The van der Waals surface area contributed by atoms with E-state index in [0.717, 1.165) is 38.1 Å². The molecule has 0 saturated carbocycles. The van der Waals surface area contributed by atoms with Gasteiger partial charge in [-0.3, -0.25) is 0 Å². The van der Waals surface area contributed by atoms with Crippen LogP contribution >= 0.6 is 0 Å². The summed E-state index contributed by atoms with van der Waals surface area (Å²) in [5.41, 5.74) is 10.3. The van der Waals surface area contributed by atoms with E-state index in [4.69, 9.17) is 10.5 Å². The second-order valence-corrected chi connectivity index (χ2v) is 6.22. The second kappa shape index (κ2) is 6.51. The van der Waals surface area contributed by atoms with Crippen molar-refractivity contribution < 1.29 is 4.74 Å². The van der Waals surface area contributed by atoms with Gasteiger partial charge in [-0.1, -0.05) is 36.4 Å². The minimum atomic E-state index is -0.0657. The molecule has 0 spiro atoms. The van der Waals surface area contributed by atoms with Crippen LogP contribution in [0.3, 0.4) is 0 Å². The Morgan fingerprint density at radius 2 is 1.77 bits per heavy atom. The Morgan fingerprint density at radius 3 is 2.45 bits per heavy atom. The predicted octanol–water partition coefficient (Wildman–Crippen LogP) is 2.99. The maximum absolute atomic E-state index is 6.56. The zero-order valence-electron chi connectivity index (χ0n) is 13.1.